The summed E-state index contributed by atoms with van der Waals surface area (Å²) in [6.07, 6.45) is 11.6. The molecular weight excluding hydrogens is 375 g/mol. The summed E-state index contributed by atoms with van der Waals surface area (Å²) in [7, 11) is 0. The summed E-state index contributed by atoms with van der Waals surface area (Å²) in [6, 6.07) is 15.0. The van der Waals surface area contributed by atoms with Crippen LogP contribution in [0.25, 0.3) is 0 Å². The van der Waals surface area contributed by atoms with Gasteiger partial charge in [0.05, 0.1) is 6.04 Å². The van der Waals surface area contributed by atoms with Crippen LogP contribution in [-0.4, -0.2) is 6.04 Å². The van der Waals surface area contributed by atoms with Gasteiger partial charge in [-0.05, 0) is 35.8 Å². The lowest BCUT2D eigenvalue weighted by Gasteiger charge is -2.25. The van der Waals surface area contributed by atoms with Gasteiger partial charge < -0.3 is 15.4 Å². The molecule has 0 fully saturated rings. The van der Waals surface area contributed by atoms with E-state index < -0.39 is 5.82 Å². The molecule has 3 nitrogen and oxygen atoms in total. The van der Waals surface area contributed by atoms with Crippen LogP contribution in [0, 0.1) is 5.82 Å². The molecule has 0 saturated carbocycles. The smallest absolute Gasteiger partial charge is 0.167 e. The van der Waals surface area contributed by atoms with Crippen molar-refractivity contribution in [2.24, 2.45) is 0 Å². The van der Waals surface area contributed by atoms with E-state index in [1.54, 1.807) is 12.1 Å². The van der Waals surface area contributed by atoms with Crippen molar-refractivity contribution in [2.75, 3.05) is 5.32 Å². The highest BCUT2D eigenvalue weighted by atomic mass is 19.1. The van der Waals surface area contributed by atoms with Crippen LogP contribution in [0.2, 0.25) is 0 Å². The maximum absolute atomic E-state index is 14.7. The first-order chi connectivity index (χ1) is 14.6. The number of rotatable bonds is 7. The predicted octanol–water partition coefficient (Wildman–Crippen LogP) is 6.02. The van der Waals surface area contributed by atoms with Crippen LogP contribution in [0.1, 0.15) is 18.9 Å². The molecule has 0 spiro atoms. The third-order valence-electron chi connectivity index (χ3n) is 5.13. The number of benzene rings is 2. The molecule has 2 aromatic carbocycles. The van der Waals surface area contributed by atoms with Crippen molar-refractivity contribution in [3.8, 4) is 5.75 Å². The number of halogens is 1. The monoisotopic (exact) mass is 400 g/mol. The van der Waals surface area contributed by atoms with Crippen LogP contribution in [0.5, 0.6) is 5.75 Å². The van der Waals surface area contributed by atoms with Crippen molar-refractivity contribution in [1.29, 1.82) is 0 Å². The quantitative estimate of drug-likeness (QED) is 0.596. The number of hydrogen-bond donors (Lipinski definition) is 2. The van der Waals surface area contributed by atoms with Crippen LogP contribution < -0.4 is 15.4 Å². The molecule has 152 valence electrons. The molecule has 1 unspecified atom stereocenters. The lowest BCUT2D eigenvalue weighted by atomic mass is 9.93. The molecule has 2 N–H and O–H groups in total. The van der Waals surface area contributed by atoms with Gasteiger partial charge in [0.2, 0.25) is 0 Å². The van der Waals surface area contributed by atoms with E-state index in [9.17, 15) is 4.39 Å². The Hall–Kier alpha value is -3.53. The Kier molecular flexibility index (Phi) is 5.84. The van der Waals surface area contributed by atoms with E-state index in [4.69, 9.17) is 4.74 Å². The third-order valence-corrected chi connectivity index (χ3v) is 5.13. The molecule has 2 aliphatic rings. The van der Waals surface area contributed by atoms with Gasteiger partial charge in [-0.3, -0.25) is 0 Å². The van der Waals surface area contributed by atoms with Crippen LogP contribution in [0.15, 0.2) is 108 Å². The second-order valence-electron chi connectivity index (χ2n) is 7.36. The molecule has 4 heteroatoms. The number of dihydropyridines is 1. The minimum atomic E-state index is -0.423. The maximum atomic E-state index is 14.7. The summed E-state index contributed by atoms with van der Waals surface area (Å²) in [5.41, 5.74) is 4.85. The predicted molar refractivity (Wildman–Crippen MR) is 121 cm³/mol. The van der Waals surface area contributed by atoms with E-state index >= 15 is 0 Å². The van der Waals surface area contributed by atoms with Gasteiger partial charge in [0.15, 0.2) is 11.6 Å². The zero-order valence-electron chi connectivity index (χ0n) is 17.0. The molecule has 1 atom stereocenters. The maximum Gasteiger partial charge on any atom is 0.167 e. The molecule has 30 heavy (non-hydrogen) atoms. The van der Waals surface area contributed by atoms with Crippen molar-refractivity contribution >= 4 is 5.69 Å². The second-order valence-corrected chi connectivity index (χ2v) is 7.36. The highest BCUT2D eigenvalue weighted by Crippen LogP contribution is 2.29. The number of ether oxygens (including phenoxy) is 1. The van der Waals surface area contributed by atoms with Gasteiger partial charge in [0, 0.05) is 35.6 Å². The van der Waals surface area contributed by atoms with Gasteiger partial charge in [0.25, 0.3) is 0 Å². The molecule has 1 heterocycles. The number of nitrogens with one attached hydrogen (secondary N) is 2. The Bertz CT molecular complexity index is 1060. The Balaban J connectivity index is 1.46. The van der Waals surface area contributed by atoms with Crippen molar-refractivity contribution in [1.82, 2.24) is 5.32 Å². The summed E-state index contributed by atoms with van der Waals surface area (Å²) in [4.78, 5) is 0. The lowest BCUT2D eigenvalue weighted by Crippen LogP contribution is -2.30. The summed E-state index contributed by atoms with van der Waals surface area (Å²) in [6.45, 7) is 6.17. The van der Waals surface area contributed by atoms with Crippen LogP contribution in [-0.2, 0) is 6.42 Å². The Morgan fingerprint density at radius 1 is 1.13 bits per heavy atom. The average Bonchev–Trinajstić information content (AvgIpc) is 2.76. The molecule has 0 aromatic heterocycles. The van der Waals surface area contributed by atoms with E-state index in [1.165, 1.54) is 11.6 Å². The number of hydrogen-bond acceptors (Lipinski definition) is 3. The van der Waals surface area contributed by atoms with E-state index in [0.29, 0.717) is 17.9 Å². The fourth-order valence-corrected chi connectivity index (χ4v) is 3.56. The van der Waals surface area contributed by atoms with Crippen molar-refractivity contribution in [3.63, 3.8) is 0 Å². The average molecular weight is 400 g/mol. The number of anilines is 1. The molecule has 4 rings (SSSR count). The largest absolute Gasteiger partial charge is 0.454 e. The van der Waals surface area contributed by atoms with Gasteiger partial charge >= 0.3 is 0 Å². The minimum absolute atomic E-state index is 0.0512. The van der Waals surface area contributed by atoms with Gasteiger partial charge in [-0.2, -0.15) is 0 Å². The number of allylic oxidation sites excluding steroid dienone is 4. The molecule has 1 aliphatic carbocycles. The van der Waals surface area contributed by atoms with E-state index in [1.807, 2.05) is 48.7 Å². The zero-order valence-corrected chi connectivity index (χ0v) is 17.0. The second kappa shape index (κ2) is 8.87. The topological polar surface area (TPSA) is 33.3 Å². The molecule has 0 saturated heterocycles. The molecule has 0 amide bonds. The first-order valence-electron chi connectivity index (χ1n) is 10.1. The molecule has 2 aromatic rings. The number of fused-ring (bicyclic) bond motifs is 1. The van der Waals surface area contributed by atoms with E-state index in [-0.39, 0.29) is 11.8 Å². The molecule has 0 radical (unpaired) electrons. The Labute approximate surface area is 177 Å². The summed E-state index contributed by atoms with van der Waals surface area (Å²) in [5.74, 6) is 0.420. The summed E-state index contributed by atoms with van der Waals surface area (Å²) < 4.78 is 20.7. The van der Waals surface area contributed by atoms with E-state index in [0.717, 1.165) is 23.3 Å². The first-order valence-corrected chi connectivity index (χ1v) is 10.1. The molecular formula is C26H25FN2O. The van der Waals surface area contributed by atoms with Crippen LogP contribution in [0.3, 0.4) is 0 Å². The van der Waals surface area contributed by atoms with Gasteiger partial charge in [-0.15, -0.1) is 0 Å². The van der Waals surface area contributed by atoms with Crippen LogP contribution in [0.4, 0.5) is 10.1 Å². The highest BCUT2D eigenvalue weighted by molar-refractivity contribution is 5.53. The third kappa shape index (κ3) is 4.54. The van der Waals surface area contributed by atoms with Crippen molar-refractivity contribution in [3.05, 3.63) is 120 Å². The highest BCUT2D eigenvalue weighted by Gasteiger charge is 2.21. The standard InChI is InChI=1S/C26H25FN2O/c1-3-19-9-11-22-24(16-19)28-14-13-25(22)30-26-12-10-21(17-23(26)27)29-18(2)15-20-7-5-4-6-8-20/h4-14,16-17,24,28-29H,2-3,15H2,1H3. The van der Waals surface area contributed by atoms with Gasteiger partial charge in [0.1, 0.15) is 5.76 Å². The zero-order chi connectivity index (χ0) is 20.9. The fourth-order valence-electron chi connectivity index (χ4n) is 3.56. The SMILES string of the molecule is C=C(Cc1ccccc1)Nc1ccc(OC2=C3C=CC(CC)=CC3NC=C2)c(F)c1. The molecule has 1 aliphatic heterocycles. The van der Waals surface area contributed by atoms with E-state index in [2.05, 4.69) is 36.3 Å². The van der Waals surface area contributed by atoms with Crippen molar-refractivity contribution in [2.45, 2.75) is 25.8 Å². The Morgan fingerprint density at radius 3 is 2.73 bits per heavy atom. The molecule has 0 bridgehead atoms. The van der Waals surface area contributed by atoms with Crippen LogP contribution >= 0.6 is 0 Å². The summed E-state index contributed by atoms with van der Waals surface area (Å²) >= 11 is 0. The van der Waals surface area contributed by atoms with Gasteiger partial charge in [-0.25, -0.2) is 4.39 Å². The lowest BCUT2D eigenvalue weighted by molar-refractivity contribution is 0.401. The van der Waals surface area contributed by atoms with Gasteiger partial charge in [-0.1, -0.05) is 62.1 Å². The summed E-state index contributed by atoms with van der Waals surface area (Å²) in [5, 5.41) is 6.48. The fraction of sp³-hybridized carbons (Fsp3) is 0.154. The normalized spacial score (nSPS) is 17.1. The first kappa shape index (κ1) is 19.8. The van der Waals surface area contributed by atoms with Crippen molar-refractivity contribution < 1.29 is 9.13 Å². The Morgan fingerprint density at radius 2 is 1.97 bits per heavy atom. The minimum Gasteiger partial charge on any atom is -0.454 e.